The summed E-state index contributed by atoms with van der Waals surface area (Å²) in [6.45, 7) is 4.75. The van der Waals surface area contributed by atoms with Crippen molar-refractivity contribution in [3.8, 4) is 0 Å². The van der Waals surface area contributed by atoms with Crippen LogP contribution in [-0.4, -0.2) is 52.7 Å². The molecule has 9 nitrogen and oxygen atoms in total. The van der Waals surface area contributed by atoms with Crippen molar-refractivity contribution in [2.24, 2.45) is 0 Å². The lowest BCUT2D eigenvalue weighted by molar-refractivity contribution is -0.0273. The molecule has 0 spiro atoms. The first-order chi connectivity index (χ1) is 12.0. The van der Waals surface area contributed by atoms with Crippen molar-refractivity contribution >= 4 is 5.91 Å². The molecule has 0 unspecified atom stereocenters. The molecule has 9 heteroatoms. The summed E-state index contributed by atoms with van der Waals surface area (Å²) in [5, 5.41) is 3.88. The minimum Gasteiger partial charge on any atom is -0.380 e. The minimum atomic E-state index is -0.496. The number of methoxy groups -OCH3 is 1. The fourth-order valence-electron chi connectivity index (χ4n) is 2.78. The number of nitrogens with one attached hydrogen (secondary N) is 1. The zero-order valence-corrected chi connectivity index (χ0v) is 14.4. The Hall–Kier alpha value is -2.52. The molecule has 2 aromatic rings. The summed E-state index contributed by atoms with van der Waals surface area (Å²) >= 11 is 0. The fourth-order valence-corrected chi connectivity index (χ4v) is 2.78. The summed E-state index contributed by atoms with van der Waals surface area (Å²) in [6.07, 6.45) is -0.496. The van der Waals surface area contributed by atoms with E-state index in [0.29, 0.717) is 36.0 Å². The van der Waals surface area contributed by atoms with Crippen molar-refractivity contribution in [2.45, 2.75) is 26.6 Å². The van der Waals surface area contributed by atoms with E-state index >= 15 is 0 Å². The first-order valence-electron chi connectivity index (χ1n) is 7.92. The second-order valence-electron chi connectivity index (χ2n) is 5.88. The van der Waals surface area contributed by atoms with Crippen molar-refractivity contribution in [1.29, 1.82) is 0 Å². The summed E-state index contributed by atoms with van der Waals surface area (Å²) in [5.74, 6) is 0.711. The number of rotatable bonds is 4. The van der Waals surface area contributed by atoms with Crippen LogP contribution in [0, 0.1) is 13.8 Å². The maximum Gasteiger partial charge on any atom is 0.276 e. The summed E-state index contributed by atoms with van der Waals surface area (Å²) in [6, 6.07) is 1.41. The number of amides is 1. The van der Waals surface area contributed by atoms with Crippen molar-refractivity contribution in [3.05, 3.63) is 45.0 Å². The van der Waals surface area contributed by atoms with E-state index in [1.54, 1.807) is 25.9 Å². The van der Waals surface area contributed by atoms with Gasteiger partial charge < -0.3 is 23.9 Å². The zero-order chi connectivity index (χ0) is 18.0. The van der Waals surface area contributed by atoms with Gasteiger partial charge >= 0.3 is 0 Å². The van der Waals surface area contributed by atoms with E-state index in [1.807, 2.05) is 0 Å². The molecular formula is C16H20N4O5. The SMILES string of the molecule is COCc1c(C(=O)N2CCO[C@@H](c3nc(C)cc(=O)[nH]3)C2)noc1C. The number of nitrogens with zero attached hydrogens (tertiary/aromatic N) is 3. The third-order valence-electron chi connectivity index (χ3n) is 4.02. The van der Waals surface area contributed by atoms with Crippen LogP contribution in [0.3, 0.4) is 0 Å². The van der Waals surface area contributed by atoms with Crippen LogP contribution in [0.25, 0.3) is 0 Å². The molecule has 0 radical (unpaired) electrons. The molecule has 1 saturated heterocycles. The van der Waals surface area contributed by atoms with Crippen molar-refractivity contribution in [2.75, 3.05) is 26.8 Å². The predicted molar refractivity (Wildman–Crippen MR) is 86.1 cm³/mol. The third kappa shape index (κ3) is 3.62. The van der Waals surface area contributed by atoms with Gasteiger partial charge in [0.2, 0.25) is 0 Å². The Balaban J connectivity index is 1.81. The molecule has 1 atom stereocenters. The van der Waals surface area contributed by atoms with Crippen molar-refractivity contribution in [1.82, 2.24) is 20.0 Å². The largest absolute Gasteiger partial charge is 0.380 e. The summed E-state index contributed by atoms with van der Waals surface area (Å²) in [4.78, 5) is 33.1. The monoisotopic (exact) mass is 348 g/mol. The molecule has 0 saturated carbocycles. The topological polar surface area (TPSA) is 111 Å². The van der Waals surface area contributed by atoms with Crippen LogP contribution in [0.1, 0.15) is 39.4 Å². The molecule has 1 aliphatic heterocycles. The average molecular weight is 348 g/mol. The lowest BCUT2D eigenvalue weighted by Crippen LogP contribution is -2.43. The number of H-pyrrole nitrogens is 1. The van der Waals surface area contributed by atoms with E-state index in [2.05, 4.69) is 15.1 Å². The van der Waals surface area contributed by atoms with Gasteiger partial charge in [-0.25, -0.2) is 4.98 Å². The van der Waals surface area contributed by atoms with Gasteiger partial charge in [-0.3, -0.25) is 9.59 Å². The predicted octanol–water partition coefficient (Wildman–Crippen LogP) is 0.735. The Bertz CT molecular complexity index is 828. The van der Waals surface area contributed by atoms with Crippen LogP contribution in [0.4, 0.5) is 0 Å². The van der Waals surface area contributed by atoms with Gasteiger partial charge in [0.05, 0.1) is 25.3 Å². The van der Waals surface area contributed by atoms with E-state index in [0.717, 1.165) is 0 Å². The zero-order valence-electron chi connectivity index (χ0n) is 14.4. The molecule has 0 aliphatic carbocycles. The molecule has 1 N–H and O–H groups in total. The van der Waals surface area contributed by atoms with Crippen molar-refractivity contribution in [3.63, 3.8) is 0 Å². The molecule has 3 heterocycles. The number of aromatic amines is 1. The summed E-state index contributed by atoms with van der Waals surface area (Å²) < 4.78 is 15.9. The molecule has 3 rings (SSSR count). The quantitative estimate of drug-likeness (QED) is 0.867. The maximum atomic E-state index is 12.8. The van der Waals surface area contributed by atoms with Gasteiger partial charge in [-0.15, -0.1) is 0 Å². The van der Waals surface area contributed by atoms with Crippen LogP contribution >= 0.6 is 0 Å². The molecule has 2 aromatic heterocycles. The molecule has 0 aromatic carbocycles. The maximum absolute atomic E-state index is 12.8. The van der Waals surface area contributed by atoms with Gasteiger partial charge in [-0.1, -0.05) is 5.16 Å². The first-order valence-corrected chi connectivity index (χ1v) is 7.92. The van der Waals surface area contributed by atoms with E-state index in [4.69, 9.17) is 14.0 Å². The van der Waals surface area contributed by atoms with Crippen LogP contribution in [0.15, 0.2) is 15.4 Å². The summed E-state index contributed by atoms with van der Waals surface area (Å²) in [5.41, 5.74) is 1.23. The second-order valence-corrected chi connectivity index (χ2v) is 5.88. The van der Waals surface area contributed by atoms with Gasteiger partial charge in [0, 0.05) is 25.4 Å². The number of hydrogen-bond donors (Lipinski definition) is 1. The number of aromatic nitrogens is 3. The molecule has 0 bridgehead atoms. The molecule has 134 valence electrons. The highest BCUT2D eigenvalue weighted by atomic mass is 16.5. The highest BCUT2D eigenvalue weighted by molar-refractivity contribution is 5.93. The van der Waals surface area contributed by atoms with Crippen molar-refractivity contribution < 1.29 is 18.8 Å². The smallest absolute Gasteiger partial charge is 0.276 e. The Morgan fingerprint density at radius 1 is 1.48 bits per heavy atom. The average Bonchev–Trinajstić information content (AvgIpc) is 2.95. The number of carbonyl (C=O) groups excluding carboxylic acids is 1. The van der Waals surface area contributed by atoms with Gasteiger partial charge in [0.15, 0.2) is 5.69 Å². The Kier molecular flexibility index (Phi) is 4.95. The Labute approximate surface area is 143 Å². The molecule has 25 heavy (non-hydrogen) atoms. The lowest BCUT2D eigenvalue weighted by atomic mass is 10.1. The van der Waals surface area contributed by atoms with Gasteiger partial charge in [0.25, 0.3) is 11.5 Å². The van der Waals surface area contributed by atoms with Gasteiger partial charge in [-0.05, 0) is 13.8 Å². The van der Waals surface area contributed by atoms with Gasteiger partial charge in [-0.2, -0.15) is 0 Å². The Morgan fingerprint density at radius 2 is 2.28 bits per heavy atom. The van der Waals surface area contributed by atoms with Crippen LogP contribution in [-0.2, 0) is 16.1 Å². The van der Waals surface area contributed by atoms with Gasteiger partial charge in [0.1, 0.15) is 17.7 Å². The number of ether oxygens (including phenoxy) is 2. The second kappa shape index (κ2) is 7.16. The van der Waals surface area contributed by atoms with Crippen LogP contribution in [0.5, 0.6) is 0 Å². The first kappa shape index (κ1) is 17.3. The normalized spacial score (nSPS) is 17.7. The number of aryl methyl sites for hydroxylation is 2. The lowest BCUT2D eigenvalue weighted by Gasteiger charge is -2.32. The van der Waals surface area contributed by atoms with Crippen LogP contribution < -0.4 is 5.56 Å². The van der Waals surface area contributed by atoms with E-state index in [1.165, 1.54) is 6.07 Å². The number of morpholine rings is 1. The number of hydrogen-bond acceptors (Lipinski definition) is 7. The molecular weight excluding hydrogens is 328 g/mol. The molecule has 1 aliphatic rings. The highest BCUT2D eigenvalue weighted by Crippen LogP contribution is 2.22. The van der Waals surface area contributed by atoms with E-state index < -0.39 is 6.10 Å². The van der Waals surface area contributed by atoms with E-state index in [9.17, 15) is 9.59 Å². The summed E-state index contributed by atoms with van der Waals surface area (Å²) in [7, 11) is 1.55. The third-order valence-corrected chi connectivity index (χ3v) is 4.02. The molecule has 1 fully saturated rings. The minimum absolute atomic E-state index is 0.241. The number of carbonyl (C=O) groups is 1. The van der Waals surface area contributed by atoms with E-state index in [-0.39, 0.29) is 30.3 Å². The molecule has 1 amide bonds. The standard InChI is InChI=1S/C16H20N4O5/c1-9-6-13(21)18-15(17-9)12-7-20(4-5-24-12)16(22)14-11(8-23-3)10(2)25-19-14/h6,12H,4-5,7-8H2,1-3H3,(H,17,18,21)/t12-/m1/s1. The fraction of sp³-hybridized carbons (Fsp3) is 0.500. The highest BCUT2D eigenvalue weighted by Gasteiger charge is 2.31. The van der Waals surface area contributed by atoms with Crippen LogP contribution in [0.2, 0.25) is 0 Å². The Morgan fingerprint density at radius 3 is 3.00 bits per heavy atom.